The fraction of sp³-hybridized carbons (Fsp3) is 0.467. The number of hydrogen-bond donors (Lipinski definition) is 1. The third-order valence-electron chi connectivity index (χ3n) is 3.97. The molecule has 1 fully saturated rings. The molecule has 21 heavy (non-hydrogen) atoms. The van der Waals surface area contributed by atoms with Gasteiger partial charge in [0.15, 0.2) is 0 Å². The van der Waals surface area contributed by atoms with Gasteiger partial charge in [-0.05, 0) is 43.7 Å². The monoisotopic (exact) mass is 303 g/mol. The van der Waals surface area contributed by atoms with Crippen molar-refractivity contribution < 1.29 is 8.42 Å². The number of nitriles is 2. The maximum absolute atomic E-state index is 12.5. The minimum Gasteiger partial charge on any atom is -0.207 e. The topological polar surface area (TPSA) is 93.8 Å². The van der Waals surface area contributed by atoms with E-state index >= 15 is 0 Å². The lowest BCUT2D eigenvalue weighted by Gasteiger charge is -2.34. The van der Waals surface area contributed by atoms with Gasteiger partial charge in [-0.2, -0.15) is 15.2 Å². The molecule has 2 rings (SSSR count). The molecule has 1 N–H and O–H groups in total. The first kappa shape index (κ1) is 15.5. The standard InChI is InChI=1S/C15H17N3O2S/c1-12-6-8-15(11-17,9-7-12)18-21(19,20)14-5-3-2-4-13(14)10-16/h2-5,12,18H,6-9H2,1H3. The lowest BCUT2D eigenvalue weighted by atomic mass is 9.79. The Morgan fingerprint density at radius 1 is 1.24 bits per heavy atom. The molecule has 1 aliphatic rings. The molecular weight excluding hydrogens is 286 g/mol. The minimum absolute atomic E-state index is 0.0688. The van der Waals surface area contributed by atoms with Crippen LogP contribution in [0, 0.1) is 28.6 Å². The molecule has 0 radical (unpaired) electrons. The predicted molar refractivity (Wildman–Crippen MR) is 77.5 cm³/mol. The van der Waals surface area contributed by atoms with Crippen molar-refractivity contribution in [1.29, 1.82) is 10.5 Å². The number of rotatable bonds is 3. The summed E-state index contributed by atoms with van der Waals surface area (Å²) in [7, 11) is -3.89. The maximum Gasteiger partial charge on any atom is 0.243 e. The molecule has 1 aromatic rings. The summed E-state index contributed by atoms with van der Waals surface area (Å²) in [4.78, 5) is -0.0688. The molecule has 5 nitrogen and oxygen atoms in total. The van der Waals surface area contributed by atoms with E-state index in [9.17, 15) is 13.7 Å². The first-order valence-corrected chi connectivity index (χ1v) is 8.35. The molecule has 1 saturated carbocycles. The van der Waals surface area contributed by atoms with Crippen molar-refractivity contribution in [3.8, 4) is 12.1 Å². The van der Waals surface area contributed by atoms with E-state index in [2.05, 4.69) is 17.7 Å². The predicted octanol–water partition coefficient (Wildman–Crippen LogP) is 2.31. The van der Waals surface area contributed by atoms with Gasteiger partial charge in [-0.15, -0.1) is 0 Å². The van der Waals surface area contributed by atoms with Crippen LogP contribution in [0.2, 0.25) is 0 Å². The van der Waals surface area contributed by atoms with Crippen LogP contribution in [-0.4, -0.2) is 14.0 Å². The summed E-state index contributed by atoms with van der Waals surface area (Å²) in [5, 5.41) is 18.5. The maximum atomic E-state index is 12.5. The van der Waals surface area contributed by atoms with E-state index in [1.807, 2.05) is 6.07 Å². The van der Waals surface area contributed by atoms with Crippen LogP contribution in [0.3, 0.4) is 0 Å². The van der Waals surface area contributed by atoms with Crippen LogP contribution in [0.25, 0.3) is 0 Å². The van der Waals surface area contributed by atoms with Gasteiger partial charge in [-0.3, -0.25) is 0 Å². The van der Waals surface area contributed by atoms with Crippen molar-refractivity contribution in [3.05, 3.63) is 29.8 Å². The zero-order chi connectivity index (χ0) is 15.5. The zero-order valence-corrected chi connectivity index (χ0v) is 12.7. The molecule has 0 saturated heterocycles. The smallest absolute Gasteiger partial charge is 0.207 e. The molecule has 0 unspecified atom stereocenters. The van der Waals surface area contributed by atoms with Gasteiger partial charge in [0.1, 0.15) is 11.6 Å². The highest BCUT2D eigenvalue weighted by Crippen LogP contribution is 2.33. The van der Waals surface area contributed by atoms with Gasteiger partial charge >= 0.3 is 0 Å². The zero-order valence-electron chi connectivity index (χ0n) is 11.8. The van der Waals surface area contributed by atoms with Crippen molar-refractivity contribution in [3.63, 3.8) is 0 Å². The van der Waals surface area contributed by atoms with Crippen molar-refractivity contribution in [1.82, 2.24) is 4.72 Å². The highest BCUT2D eigenvalue weighted by Gasteiger charge is 2.38. The van der Waals surface area contributed by atoms with Gasteiger partial charge in [-0.1, -0.05) is 19.1 Å². The first-order valence-electron chi connectivity index (χ1n) is 6.87. The molecule has 1 aromatic carbocycles. The number of nitrogens with one attached hydrogen (secondary N) is 1. The second-order valence-corrected chi connectivity index (χ2v) is 7.24. The Bertz CT molecular complexity index is 705. The summed E-state index contributed by atoms with van der Waals surface area (Å²) < 4.78 is 27.6. The van der Waals surface area contributed by atoms with Gasteiger partial charge in [-0.25, -0.2) is 8.42 Å². The lowest BCUT2D eigenvalue weighted by Crippen LogP contribution is -2.49. The van der Waals surface area contributed by atoms with E-state index in [1.165, 1.54) is 12.1 Å². The first-order chi connectivity index (χ1) is 9.92. The van der Waals surface area contributed by atoms with Crippen molar-refractivity contribution in [2.75, 3.05) is 0 Å². The van der Waals surface area contributed by atoms with Gasteiger partial charge in [0.25, 0.3) is 0 Å². The normalized spacial score (nSPS) is 25.8. The van der Waals surface area contributed by atoms with Crippen LogP contribution < -0.4 is 4.72 Å². The van der Waals surface area contributed by atoms with E-state index in [1.54, 1.807) is 12.1 Å². The van der Waals surface area contributed by atoms with Crippen LogP contribution in [0.1, 0.15) is 38.2 Å². The molecule has 0 aliphatic heterocycles. The number of benzene rings is 1. The van der Waals surface area contributed by atoms with Crippen LogP contribution in [0.15, 0.2) is 29.2 Å². The quantitative estimate of drug-likeness (QED) is 0.927. The molecular formula is C15H17N3O2S. The van der Waals surface area contributed by atoms with Gasteiger partial charge in [0.05, 0.1) is 16.5 Å². The Balaban J connectivity index is 2.33. The minimum atomic E-state index is -3.89. The molecule has 110 valence electrons. The molecule has 6 heteroatoms. The fourth-order valence-corrected chi connectivity index (χ4v) is 4.13. The second-order valence-electron chi connectivity index (χ2n) is 5.59. The Kier molecular flexibility index (Phi) is 4.32. The van der Waals surface area contributed by atoms with E-state index in [4.69, 9.17) is 5.26 Å². The van der Waals surface area contributed by atoms with Crippen molar-refractivity contribution >= 4 is 10.0 Å². The summed E-state index contributed by atoms with van der Waals surface area (Å²) in [6, 6.07) is 10.0. The highest BCUT2D eigenvalue weighted by atomic mass is 32.2. The number of hydrogen-bond acceptors (Lipinski definition) is 4. The Hall–Kier alpha value is -1.89. The molecule has 0 heterocycles. The SMILES string of the molecule is CC1CCC(C#N)(NS(=O)(=O)c2ccccc2C#N)CC1. The summed E-state index contributed by atoms with van der Waals surface area (Å²) in [6.07, 6.45) is 2.63. The Labute approximate surface area is 125 Å². The summed E-state index contributed by atoms with van der Waals surface area (Å²) >= 11 is 0. The van der Waals surface area contributed by atoms with Crippen LogP contribution in [0.5, 0.6) is 0 Å². The number of sulfonamides is 1. The van der Waals surface area contributed by atoms with E-state index < -0.39 is 15.6 Å². The molecule has 0 aromatic heterocycles. The van der Waals surface area contributed by atoms with E-state index in [0.29, 0.717) is 18.8 Å². The highest BCUT2D eigenvalue weighted by molar-refractivity contribution is 7.89. The van der Waals surface area contributed by atoms with Crippen LogP contribution >= 0.6 is 0 Å². The van der Waals surface area contributed by atoms with Crippen molar-refractivity contribution in [2.24, 2.45) is 5.92 Å². The van der Waals surface area contributed by atoms with Gasteiger partial charge < -0.3 is 0 Å². The third-order valence-corrected chi connectivity index (χ3v) is 5.56. The molecule has 0 bridgehead atoms. The van der Waals surface area contributed by atoms with Gasteiger partial charge in [0.2, 0.25) is 10.0 Å². The van der Waals surface area contributed by atoms with Crippen LogP contribution in [-0.2, 0) is 10.0 Å². The summed E-state index contributed by atoms with van der Waals surface area (Å²) in [5.74, 6) is 0.502. The van der Waals surface area contributed by atoms with E-state index in [0.717, 1.165) is 12.8 Å². The molecule has 0 amide bonds. The summed E-state index contributed by atoms with van der Waals surface area (Å²) in [5.41, 5.74) is -0.976. The fourth-order valence-electron chi connectivity index (χ4n) is 2.60. The summed E-state index contributed by atoms with van der Waals surface area (Å²) in [6.45, 7) is 2.10. The van der Waals surface area contributed by atoms with Gasteiger partial charge in [0, 0.05) is 0 Å². The van der Waals surface area contributed by atoms with Crippen molar-refractivity contribution in [2.45, 2.75) is 43.0 Å². The number of nitrogens with zero attached hydrogens (tertiary/aromatic N) is 2. The second kappa shape index (κ2) is 5.85. The van der Waals surface area contributed by atoms with Crippen LogP contribution in [0.4, 0.5) is 0 Å². The molecule has 0 atom stereocenters. The average molecular weight is 303 g/mol. The largest absolute Gasteiger partial charge is 0.243 e. The molecule has 1 aliphatic carbocycles. The Morgan fingerprint density at radius 2 is 1.86 bits per heavy atom. The Morgan fingerprint density at radius 3 is 2.43 bits per heavy atom. The van der Waals surface area contributed by atoms with E-state index in [-0.39, 0.29) is 10.5 Å². The third kappa shape index (κ3) is 3.24. The molecule has 0 spiro atoms. The lowest BCUT2D eigenvalue weighted by molar-refractivity contribution is 0.278. The average Bonchev–Trinajstić information content (AvgIpc) is 2.49.